The van der Waals surface area contributed by atoms with Crippen molar-refractivity contribution in [3.63, 3.8) is 0 Å². The molecule has 3 rings (SSSR count). The third-order valence-corrected chi connectivity index (χ3v) is 5.28. The summed E-state index contributed by atoms with van der Waals surface area (Å²) in [6, 6.07) is 11.9. The van der Waals surface area contributed by atoms with Gasteiger partial charge < -0.3 is 9.30 Å². The van der Waals surface area contributed by atoms with Gasteiger partial charge in [0.15, 0.2) is 11.4 Å². The number of ether oxygens (including phenoxy) is 1. The van der Waals surface area contributed by atoms with Crippen LogP contribution in [-0.4, -0.2) is 23.1 Å². The number of thiophene rings is 1. The molecule has 0 atom stereocenters. The number of benzene rings is 1. The minimum absolute atomic E-state index is 0.178. The van der Waals surface area contributed by atoms with E-state index in [0.29, 0.717) is 11.3 Å². The first kappa shape index (κ1) is 18.3. The second-order valence-electron chi connectivity index (χ2n) is 5.72. The highest BCUT2D eigenvalue weighted by Crippen LogP contribution is 2.09. The molecule has 0 N–H and O–H groups in total. The molecular formula is C19H18N2O3S2. The summed E-state index contributed by atoms with van der Waals surface area (Å²) >= 11 is 2.86. The first-order chi connectivity index (χ1) is 12.6. The summed E-state index contributed by atoms with van der Waals surface area (Å²) in [4.78, 5) is 29.3. The second kappa shape index (κ2) is 8.73. The molecule has 0 radical (unpaired) electrons. The summed E-state index contributed by atoms with van der Waals surface area (Å²) in [6.07, 6.45) is 2.07. The molecule has 0 aliphatic heterocycles. The maximum absolute atomic E-state index is 12.0. The first-order valence-electron chi connectivity index (χ1n) is 8.05. The number of hydrogen-bond acceptors (Lipinski definition) is 5. The van der Waals surface area contributed by atoms with Crippen LogP contribution in [0.15, 0.2) is 58.3 Å². The summed E-state index contributed by atoms with van der Waals surface area (Å²) in [7, 11) is 0. The Labute approximate surface area is 159 Å². The highest BCUT2D eigenvalue weighted by molar-refractivity contribution is 7.10. The van der Waals surface area contributed by atoms with Gasteiger partial charge in [0, 0.05) is 23.0 Å². The SMILES string of the molecule is Cc1ccc(Cn2ccsc2=NC(=O)COC(=O)Cc2cccs2)cc1. The Morgan fingerprint density at radius 2 is 1.92 bits per heavy atom. The smallest absolute Gasteiger partial charge is 0.311 e. The Hall–Kier alpha value is -2.51. The van der Waals surface area contributed by atoms with Gasteiger partial charge in [0.05, 0.1) is 6.42 Å². The Morgan fingerprint density at radius 1 is 1.12 bits per heavy atom. The molecule has 3 aromatic rings. The maximum atomic E-state index is 12.0. The van der Waals surface area contributed by atoms with E-state index in [1.54, 1.807) is 0 Å². The van der Waals surface area contributed by atoms with Crippen molar-refractivity contribution < 1.29 is 14.3 Å². The van der Waals surface area contributed by atoms with E-state index in [1.165, 1.54) is 28.2 Å². The van der Waals surface area contributed by atoms with E-state index in [0.717, 1.165) is 10.4 Å². The van der Waals surface area contributed by atoms with Gasteiger partial charge in [0.1, 0.15) is 0 Å². The molecule has 0 saturated heterocycles. The molecule has 0 spiro atoms. The summed E-state index contributed by atoms with van der Waals surface area (Å²) in [6.45, 7) is 2.33. The van der Waals surface area contributed by atoms with Crippen molar-refractivity contribution in [2.75, 3.05) is 6.61 Å². The number of amides is 1. The zero-order valence-electron chi connectivity index (χ0n) is 14.3. The van der Waals surface area contributed by atoms with Crippen LogP contribution >= 0.6 is 22.7 Å². The van der Waals surface area contributed by atoms with Crippen molar-refractivity contribution in [2.24, 2.45) is 4.99 Å². The van der Waals surface area contributed by atoms with Crippen molar-refractivity contribution in [1.82, 2.24) is 4.57 Å². The lowest BCUT2D eigenvalue weighted by molar-refractivity contribution is -0.147. The normalized spacial score (nSPS) is 11.5. The number of esters is 1. The Kier molecular flexibility index (Phi) is 6.14. The molecule has 0 bridgehead atoms. The van der Waals surface area contributed by atoms with Gasteiger partial charge >= 0.3 is 5.97 Å². The van der Waals surface area contributed by atoms with E-state index in [-0.39, 0.29) is 13.0 Å². The number of thiazole rings is 1. The van der Waals surface area contributed by atoms with Crippen LogP contribution in [0.25, 0.3) is 0 Å². The Balaban J connectivity index is 1.59. The van der Waals surface area contributed by atoms with Crippen LogP contribution in [-0.2, 0) is 27.3 Å². The summed E-state index contributed by atoms with van der Waals surface area (Å²) in [5.41, 5.74) is 2.33. The average Bonchev–Trinajstić information content (AvgIpc) is 3.28. The zero-order chi connectivity index (χ0) is 18.4. The largest absolute Gasteiger partial charge is 0.455 e. The Bertz CT molecular complexity index is 938. The second-order valence-corrected chi connectivity index (χ2v) is 7.63. The predicted octanol–water partition coefficient (Wildman–Crippen LogP) is 3.18. The number of hydrogen-bond donors (Lipinski definition) is 0. The van der Waals surface area contributed by atoms with Crippen LogP contribution < -0.4 is 4.80 Å². The summed E-state index contributed by atoms with van der Waals surface area (Å²) < 4.78 is 6.92. The number of carbonyl (C=O) groups excluding carboxylic acids is 2. The van der Waals surface area contributed by atoms with E-state index >= 15 is 0 Å². The molecule has 2 aromatic heterocycles. The molecule has 7 heteroatoms. The quantitative estimate of drug-likeness (QED) is 0.611. The van der Waals surface area contributed by atoms with Crippen molar-refractivity contribution >= 4 is 34.6 Å². The molecule has 0 unspecified atom stereocenters. The number of nitrogens with zero attached hydrogens (tertiary/aromatic N) is 2. The molecule has 0 saturated carbocycles. The van der Waals surface area contributed by atoms with Crippen molar-refractivity contribution in [1.29, 1.82) is 0 Å². The van der Waals surface area contributed by atoms with E-state index in [4.69, 9.17) is 4.74 Å². The molecule has 26 heavy (non-hydrogen) atoms. The zero-order valence-corrected chi connectivity index (χ0v) is 15.9. The molecule has 1 aromatic carbocycles. The highest BCUT2D eigenvalue weighted by Gasteiger charge is 2.09. The molecule has 0 fully saturated rings. The lowest BCUT2D eigenvalue weighted by Gasteiger charge is -2.04. The van der Waals surface area contributed by atoms with E-state index in [9.17, 15) is 9.59 Å². The number of aryl methyl sites for hydroxylation is 1. The number of rotatable bonds is 6. The third kappa shape index (κ3) is 5.24. The maximum Gasteiger partial charge on any atom is 0.311 e. The lowest BCUT2D eigenvalue weighted by Crippen LogP contribution is -2.20. The van der Waals surface area contributed by atoms with E-state index in [1.807, 2.05) is 40.6 Å². The minimum Gasteiger partial charge on any atom is -0.455 e. The molecular weight excluding hydrogens is 368 g/mol. The fourth-order valence-electron chi connectivity index (χ4n) is 2.28. The molecule has 5 nitrogen and oxygen atoms in total. The van der Waals surface area contributed by atoms with E-state index in [2.05, 4.69) is 29.3 Å². The summed E-state index contributed by atoms with van der Waals surface area (Å²) in [5, 5.41) is 3.77. The molecule has 1 amide bonds. The monoisotopic (exact) mass is 386 g/mol. The van der Waals surface area contributed by atoms with E-state index < -0.39 is 11.9 Å². The van der Waals surface area contributed by atoms with Crippen LogP contribution in [0.5, 0.6) is 0 Å². The predicted molar refractivity (Wildman–Crippen MR) is 102 cm³/mol. The lowest BCUT2D eigenvalue weighted by atomic mass is 10.1. The number of aromatic nitrogens is 1. The number of carbonyl (C=O) groups is 2. The van der Waals surface area contributed by atoms with Crippen molar-refractivity contribution in [3.8, 4) is 0 Å². The van der Waals surface area contributed by atoms with Crippen LogP contribution in [0.4, 0.5) is 0 Å². The third-order valence-electron chi connectivity index (χ3n) is 3.61. The molecule has 0 aliphatic carbocycles. The minimum atomic E-state index is -0.468. The van der Waals surface area contributed by atoms with Crippen LogP contribution in [0.2, 0.25) is 0 Å². The Morgan fingerprint density at radius 3 is 2.65 bits per heavy atom. The molecule has 134 valence electrons. The van der Waals surface area contributed by atoms with Crippen molar-refractivity contribution in [3.05, 3.63) is 74.2 Å². The standard InChI is InChI=1S/C19H18N2O3S2/c1-14-4-6-15(7-5-14)12-21-8-10-26-19(21)20-17(22)13-24-18(23)11-16-3-2-9-25-16/h2-10H,11-13H2,1H3. The molecule has 2 heterocycles. The van der Waals surface area contributed by atoms with Gasteiger partial charge in [-0.3, -0.25) is 9.59 Å². The van der Waals surface area contributed by atoms with Gasteiger partial charge in [-0.05, 0) is 23.9 Å². The van der Waals surface area contributed by atoms with Crippen LogP contribution in [0, 0.1) is 6.92 Å². The van der Waals surface area contributed by atoms with Gasteiger partial charge in [-0.15, -0.1) is 22.7 Å². The van der Waals surface area contributed by atoms with Gasteiger partial charge in [-0.2, -0.15) is 4.99 Å². The molecule has 0 aliphatic rings. The van der Waals surface area contributed by atoms with Gasteiger partial charge in [0.25, 0.3) is 5.91 Å². The van der Waals surface area contributed by atoms with Gasteiger partial charge in [0.2, 0.25) is 0 Å². The van der Waals surface area contributed by atoms with Crippen LogP contribution in [0.1, 0.15) is 16.0 Å². The fourth-order valence-corrected chi connectivity index (χ4v) is 3.72. The average molecular weight is 386 g/mol. The fraction of sp³-hybridized carbons (Fsp3) is 0.211. The first-order valence-corrected chi connectivity index (χ1v) is 9.81. The van der Waals surface area contributed by atoms with Gasteiger partial charge in [-0.1, -0.05) is 35.9 Å². The van der Waals surface area contributed by atoms with Crippen LogP contribution in [0.3, 0.4) is 0 Å². The highest BCUT2D eigenvalue weighted by atomic mass is 32.1. The van der Waals surface area contributed by atoms with Gasteiger partial charge in [-0.25, -0.2) is 0 Å². The van der Waals surface area contributed by atoms with Crippen molar-refractivity contribution in [2.45, 2.75) is 19.9 Å². The topological polar surface area (TPSA) is 60.7 Å². The summed E-state index contributed by atoms with van der Waals surface area (Å²) in [5.74, 6) is -0.889.